The number of methoxy groups -OCH3 is 1. The minimum atomic E-state index is 0.761. The van der Waals surface area contributed by atoms with E-state index in [4.69, 9.17) is 4.74 Å². The normalized spacial score (nSPS) is 14.0. The lowest BCUT2D eigenvalue weighted by Crippen LogP contribution is -2.29. The van der Waals surface area contributed by atoms with Gasteiger partial charge in [-0.2, -0.15) is 0 Å². The topological polar surface area (TPSA) is 50.3 Å². The third kappa shape index (κ3) is 4.03. The SMILES string of the molecule is COc1ccccc1-c1cc(Nc2ccc(N3CCCCC3)cc2)ncn1. The number of para-hydroxylation sites is 1. The van der Waals surface area contributed by atoms with Crippen molar-refractivity contribution >= 4 is 17.2 Å². The first-order valence-electron chi connectivity index (χ1n) is 9.41. The zero-order valence-corrected chi connectivity index (χ0v) is 15.6. The van der Waals surface area contributed by atoms with Gasteiger partial charge in [-0.05, 0) is 55.7 Å². The maximum absolute atomic E-state index is 5.44. The molecule has 3 aromatic rings. The van der Waals surface area contributed by atoms with Crippen LogP contribution in [0.15, 0.2) is 60.9 Å². The maximum Gasteiger partial charge on any atom is 0.134 e. The molecule has 0 saturated carbocycles. The Morgan fingerprint density at radius 3 is 2.48 bits per heavy atom. The van der Waals surface area contributed by atoms with E-state index in [1.165, 1.54) is 24.9 Å². The second kappa shape index (κ2) is 8.08. The smallest absolute Gasteiger partial charge is 0.134 e. The summed E-state index contributed by atoms with van der Waals surface area (Å²) in [5, 5.41) is 3.37. The van der Waals surface area contributed by atoms with E-state index in [-0.39, 0.29) is 0 Å². The Morgan fingerprint density at radius 2 is 1.70 bits per heavy atom. The number of piperidine rings is 1. The quantitative estimate of drug-likeness (QED) is 0.702. The van der Waals surface area contributed by atoms with Crippen LogP contribution in [-0.2, 0) is 0 Å². The fourth-order valence-corrected chi connectivity index (χ4v) is 3.48. The summed E-state index contributed by atoms with van der Waals surface area (Å²) in [4.78, 5) is 11.2. The van der Waals surface area contributed by atoms with Gasteiger partial charge in [-0.3, -0.25) is 0 Å². The largest absolute Gasteiger partial charge is 0.496 e. The van der Waals surface area contributed by atoms with Crippen molar-refractivity contribution in [1.29, 1.82) is 0 Å². The summed E-state index contributed by atoms with van der Waals surface area (Å²) < 4.78 is 5.44. The fraction of sp³-hybridized carbons (Fsp3) is 0.273. The van der Waals surface area contributed by atoms with Gasteiger partial charge < -0.3 is 15.0 Å². The molecule has 0 unspecified atom stereocenters. The van der Waals surface area contributed by atoms with Crippen molar-refractivity contribution in [1.82, 2.24) is 9.97 Å². The molecule has 0 bridgehead atoms. The summed E-state index contributed by atoms with van der Waals surface area (Å²) in [5.41, 5.74) is 4.08. The highest BCUT2D eigenvalue weighted by molar-refractivity contribution is 5.70. The predicted molar refractivity (Wildman–Crippen MR) is 110 cm³/mol. The molecule has 1 N–H and O–H groups in total. The van der Waals surface area contributed by atoms with Gasteiger partial charge in [-0.1, -0.05) is 12.1 Å². The molecular weight excluding hydrogens is 336 g/mol. The Kier molecular flexibility index (Phi) is 5.19. The lowest BCUT2D eigenvalue weighted by Gasteiger charge is -2.28. The highest BCUT2D eigenvalue weighted by atomic mass is 16.5. The van der Waals surface area contributed by atoms with Crippen LogP contribution in [0.1, 0.15) is 19.3 Å². The van der Waals surface area contributed by atoms with Crippen molar-refractivity contribution in [3.8, 4) is 17.0 Å². The molecule has 5 heteroatoms. The van der Waals surface area contributed by atoms with Gasteiger partial charge in [0.1, 0.15) is 17.9 Å². The minimum Gasteiger partial charge on any atom is -0.496 e. The molecule has 27 heavy (non-hydrogen) atoms. The van der Waals surface area contributed by atoms with Crippen LogP contribution in [0.4, 0.5) is 17.2 Å². The van der Waals surface area contributed by atoms with Crippen LogP contribution >= 0.6 is 0 Å². The molecule has 1 aromatic heterocycles. The lowest BCUT2D eigenvalue weighted by atomic mass is 10.1. The summed E-state index contributed by atoms with van der Waals surface area (Å²) in [6.45, 7) is 2.31. The second-order valence-electron chi connectivity index (χ2n) is 6.71. The zero-order chi connectivity index (χ0) is 18.5. The Bertz CT molecular complexity index is 889. The number of anilines is 3. The van der Waals surface area contributed by atoms with Gasteiger partial charge in [-0.15, -0.1) is 0 Å². The monoisotopic (exact) mass is 360 g/mol. The molecular formula is C22H24N4O. The van der Waals surface area contributed by atoms with Gasteiger partial charge in [0.25, 0.3) is 0 Å². The van der Waals surface area contributed by atoms with E-state index in [1.54, 1.807) is 13.4 Å². The standard InChI is InChI=1S/C22H24N4O/c1-27-21-8-4-3-7-19(21)20-15-22(24-16-23-20)25-17-9-11-18(12-10-17)26-13-5-2-6-14-26/h3-4,7-12,15-16H,2,5-6,13-14H2,1H3,(H,23,24,25). The van der Waals surface area contributed by atoms with Crippen molar-refractivity contribution < 1.29 is 4.74 Å². The molecule has 5 nitrogen and oxygen atoms in total. The van der Waals surface area contributed by atoms with Crippen LogP contribution in [0.2, 0.25) is 0 Å². The summed E-state index contributed by atoms with van der Waals surface area (Å²) in [6, 6.07) is 18.4. The first-order chi connectivity index (χ1) is 13.3. The van der Waals surface area contributed by atoms with Crippen molar-refractivity contribution in [2.24, 2.45) is 0 Å². The number of hydrogen-bond acceptors (Lipinski definition) is 5. The third-order valence-electron chi connectivity index (χ3n) is 4.91. The number of aromatic nitrogens is 2. The van der Waals surface area contributed by atoms with Crippen molar-refractivity contribution in [2.45, 2.75) is 19.3 Å². The van der Waals surface area contributed by atoms with Crippen LogP contribution in [0.25, 0.3) is 11.3 Å². The predicted octanol–water partition coefficient (Wildman–Crippen LogP) is 4.89. The van der Waals surface area contributed by atoms with Crippen LogP contribution in [0.5, 0.6) is 5.75 Å². The van der Waals surface area contributed by atoms with Crippen molar-refractivity contribution in [3.05, 3.63) is 60.9 Å². The number of nitrogens with zero attached hydrogens (tertiary/aromatic N) is 3. The number of benzene rings is 2. The summed E-state index contributed by atoms with van der Waals surface area (Å²) in [5.74, 6) is 1.56. The van der Waals surface area contributed by atoms with Gasteiger partial charge >= 0.3 is 0 Å². The lowest BCUT2D eigenvalue weighted by molar-refractivity contribution is 0.416. The van der Waals surface area contributed by atoms with E-state index in [2.05, 4.69) is 44.5 Å². The third-order valence-corrected chi connectivity index (χ3v) is 4.91. The highest BCUT2D eigenvalue weighted by Gasteiger charge is 2.11. The molecule has 0 amide bonds. The number of rotatable bonds is 5. The summed E-state index contributed by atoms with van der Waals surface area (Å²) in [6.07, 6.45) is 5.49. The van der Waals surface area contributed by atoms with E-state index >= 15 is 0 Å². The maximum atomic E-state index is 5.44. The Morgan fingerprint density at radius 1 is 0.926 bits per heavy atom. The summed E-state index contributed by atoms with van der Waals surface area (Å²) >= 11 is 0. The minimum absolute atomic E-state index is 0.761. The molecule has 4 rings (SSSR count). The Labute approximate surface area is 160 Å². The number of hydrogen-bond donors (Lipinski definition) is 1. The van der Waals surface area contributed by atoms with Crippen LogP contribution < -0.4 is 15.0 Å². The van der Waals surface area contributed by atoms with Crippen molar-refractivity contribution in [3.63, 3.8) is 0 Å². The second-order valence-corrected chi connectivity index (χ2v) is 6.71. The average molecular weight is 360 g/mol. The summed E-state index contributed by atoms with van der Waals surface area (Å²) in [7, 11) is 1.67. The van der Waals surface area contributed by atoms with Crippen LogP contribution in [-0.4, -0.2) is 30.2 Å². The van der Waals surface area contributed by atoms with E-state index < -0.39 is 0 Å². The number of nitrogens with one attached hydrogen (secondary N) is 1. The first kappa shape index (κ1) is 17.3. The van der Waals surface area contributed by atoms with Gasteiger partial charge in [0.05, 0.1) is 12.8 Å². The fourth-order valence-electron chi connectivity index (χ4n) is 3.48. The molecule has 1 fully saturated rings. The average Bonchev–Trinajstić information content (AvgIpc) is 2.75. The molecule has 0 radical (unpaired) electrons. The van der Waals surface area contributed by atoms with E-state index in [1.807, 2.05) is 30.3 Å². The Balaban J connectivity index is 1.51. The van der Waals surface area contributed by atoms with Gasteiger partial charge in [0.2, 0.25) is 0 Å². The molecule has 0 aliphatic carbocycles. The van der Waals surface area contributed by atoms with Crippen LogP contribution in [0, 0.1) is 0 Å². The highest BCUT2D eigenvalue weighted by Crippen LogP contribution is 2.29. The molecule has 1 saturated heterocycles. The molecule has 1 aliphatic heterocycles. The molecule has 0 atom stereocenters. The number of ether oxygens (including phenoxy) is 1. The van der Waals surface area contributed by atoms with Gasteiger partial charge in [0, 0.05) is 36.1 Å². The van der Waals surface area contributed by atoms with Crippen molar-refractivity contribution in [2.75, 3.05) is 30.4 Å². The molecule has 1 aliphatic rings. The zero-order valence-electron chi connectivity index (χ0n) is 15.6. The van der Waals surface area contributed by atoms with Gasteiger partial charge in [0.15, 0.2) is 0 Å². The van der Waals surface area contributed by atoms with E-state index in [9.17, 15) is 0 Å². The van der Waals surface area contributed by atoms with E-state index in [0.717, 1.165) is 41.6 Å². The molecule has 138 valence electrons. The van der Waals surface area contributed by atoms with Gasteiger partial charge in [-0.25, -0.2) is 9.97 Å². The molecule has 0 spiro atoms. The first-order valence-corrected chi connectivity index (χ1v) is 9.41. The van der Waals surface area contributed by atoms with Crippen LogP contribution in [0.3, 0.4) is 0 Å². The Hall–Kier alpha value is -3.08. The van der Waals surface area contributed by atoms with E-state index in [0.29, 0.717) is 0 Å². The molecule has 2 heterocycles. The molecule has 2 aromatic carbocycles.